The van der Waals surface area contributed by atoms with Gasteiger partial charge in [-0.2, -0.15) is 0 Å². The SMILES string of the molecule is CC(=O)NCC(=O)N1CCc2cc(C(=O)N3CCNC[C@@H]3C)ccc21. The maximum atomic E-state index is 12.8. The van der Waals surface area contributed by atoms with Crippen LogP contribution in [-0.4, -0.2) is 61.4 Å². The fourth-order valence-electron chi connectivity index (χ4n) is 3.40. The van der Waals surface area contributed by atoms with Crippen LogP contribution in [0.2, 0.25) is 0 Å². The van der Waals surface area contributed by atoms with Gasteiger partial charge in [-0.3, -0.25) is 14.4 Å². The van der Waals surface area contributed by atoms with Gasteiger partial charge < -0.3 is 20.4 Å². The lowest BCUT2D eigenvalue weighted by Gasteiger charge is -2.34. The summed E-state index contributed by atoms with van der Waals surface area (Å²) in [6.07, 6.45) is 0.722. The van der Waals surface area contributed by atoms with E-state index in [-0.39, 0.29) is 30.3 Å². The van der Waals surface area contributed by atoms with Crippen LogP contribution in [0.15, 0.2) is 18.2 Å². The highest BCUT2D eigenvalue weighted by Gasteiger charge is 2.28. The standard InChI is InChI=1S/C18H24N4O3/c1-12-10-19-6-8-21(12)18(25)15-3-4-16-14(9-15)5-7-22(16)17(24)11-20-13(2)23/h3-4,9,12,19H,5-8,10-11H2,1-2H3,(H,20,23)/t12-/m0/s1. The Morgan fingerprint density at radius 1 is 1.28 bits per heavy atom. The van der Waals surface area contributed by atoms with E-state index in [1.807, 2.05) is 24.0 Å². The fraction of sp³-hybridized carbons (Fsp3) is 0.500. The predicted octanol–water partition coefficient (Wildman–Crippen LogP) is 0.146. The van der Waals surface area contributed by atoms with Crippen LogP contribution in [0.1, 0.15) is 29.8 Å². The number of piperazine rings is 1. The van der Waals surface area contributed by atoms with Crippen LogP contribution in [0.4, 0.5) is 5.69 Å². The van der Waals surface area contributed by atoms with Crippen LogP contribution in [0.5, 0.6) is 0 Å². The fourth-order valence-corrected chi connectivity index (χ4v) is 3.40. The molecule has 0 spiro atoms. The second-order valence-corrected chi connectivity index (χ2v) is 6.60. The molecule has 2 N–H and O–H groups in total. The number of nitrogens with one attached hydrogen (secondary N) is 2. The summed E-state index contributed by atoms with van der Waals surface area (Å²) in [5.41, 5.74) is 2.51. The zero-order valence-electron chi connectivity index (χ0n) is 14.7. The maximum absolute atomic E-state index is 12.8. The summed E-state index contributed by atoms with van der Waals surface area (Å²) in [6.45, 7) is 6.33. The van der Waals surface area contributed by atoms with Gasteiger partial charge in [-0.05, 0) is 37.1 Å². The van der Waals surface area contributed by atoms with E-state index in [9.17, 15) is 14.4 Å². The van der Waals surface area contributed by atoms with Crippen LogP contribution < -0.4 is 15.5 Å². The van der Waals surface area contributed by atoms with Crippen molar-refractivity contribution < 1.29 is 14.4 Å². The van der Waals surface area contributed by atoms with E-state index < -0.39 is 0 Å². The summed E-state index contributed by atoms with van der Waals surface area (Å²) in [5.74, 6) is -0.317. The molecule has 1 atom stereocenters. The minimum Gasteiger partial charge on any atom is -0.347 e. The van der Waals surface area contributed by atoms with E-state index in [1.165, 1.54) is 6.92 Å². The van der Waals surface area contributed by atoms with Crippen molar-refractivity contribution >= 4 is 23.4 Å². The van der Waals surface area contributed by atoms with E-state index >= 15 is 0 Å². The van der Waals surface area contributed by atoms with Gasteiger partial charge in [0.15, 0.2) is 0 Å². The predicted molar refractivity (Wildman–Crippen MR) is 94.6 cm³/mol. The van der Waals surface area contributed by atoms with Gasteiger partial charge in [-0.1, -0.05) is 0 Å². The molecule has 0 saturated carbocycles. The molecule has 0 unspecified atom stereocenters. The van der Waals surface area contributed by atoms with E-state index in [0.29, 0.717) is 18.7 Å². The maximum Gasteiger partial charge on any atom is 0.254 e. The van der Waals surface area contributed by atoms with E-state index in [2.05, 4.69) is 10.6 Å². The minimum atomic E-state index is -0.223. The molecule has 3 amide bonds. The largest absolute Gasteiger partial charge is 0.347 e. The molecule has 0 radical (unpaired) electrons. The van der Waals surface area contributed by atoms with Crippen molar-refractivity contribution in [3.63, 3.8) is 0 Å². The Bertz CT molecular complexity index is 704. The number of nitrogens with zero attached hydrogens (tertiary/aromatic N) is 2. The quantitative estimate of drug-likeness (QED) is 0.818. The molecule has 0 bridgehead atoms. The zero-order chi connectivity index (χ0) is 18.0. The summed E-state index contributed by atoms with van der Waals surface area (Å²) in [4.78, 5) is 39.6. The first-order valence-corrected chi connectivity index (χ1v) is 8.67. The Morgan fingerprint density at radius 2 is 2.08 bits per heavy atom. The monoisotopic (exact) mass is 344 g/mol. The lowest BCUT2D eigenvalue weighted by molar-refractivity contribution is -0.123. The summed E-state index contributed by atoms with van der Waals surface area (Å²) < 4.78 is 0. The van der Waals surface area contributed by atoms with E-state index in [0.717, 1.165) is 30.8 Å². The van der Waals surface area contributed by atoms with Gasteiger partial charge in [0.2, 0.25) is 11.8 Å². The van der Waals surface area contributed by atoms with Crippen LogP contribution in [0, 0.1) is 0 Å². The molecular formula is C18H24N4O3. The molecule has 2 aliphatic heterocycles. The van der Waals surface area contributed by atoms with Crippen molar-refractivity contribution in [3.8, 4) is 0 Å². The van der Waals surface area contributed by atoms with Gasteiger partial charge in [-0.25, -0.2) is 0 Å². The second-order valence-electron chi connectivity index (χ2n) is 6.60. The van der Waals surface area contributed by atoms with Gasteiger partial charge in [0.05, 0.1) is 6.54 Å². The molecule has 0 aliphatic carbocycles. The molecule has 2 aliphatic rings. The number of amides is 3. The third kappa shape index (κ3) is 3.66. The van der Waals surface area contributed by atoms with Crippen molar-refractivity contribution in [2.45, 2.75) is 26.3 Å². The second kappa shape index (κ2) is 7.23. The molecule has 2 heterocycles. The molecule has 134 valence electrons. The van der Waals surface area contributed by atoms with Crippen molar-refractivity contribution in [2.24, 2.45) is 0 Å². The van der Waals surface area contributed by atoms with E-state index in [4.69, 9.17) is 0 Å². The number of anilines is 1. The Balaban J connectivity index is 1.74. The van der Waals surface area contributed by atoms with Crippen LogP contribution in [-0.2, 0) is 16.0 Å². The first-order valence-electron chi connectivity index (χ1n) is 8.67. The number of rotatable bonds is 3. The van der Waals surface area contributed by atoms with Crippen molar-refractivity contribution in [2.75, 3.05) is 37.6 Å². The molecule has 1 aromatic rings. The van der Waals surface area contributed by atoms with Crippen LogP contribution in [0.25, 0.3) is 0 Å². The minimum absolute atomic E-state index is 0.00620. The summed E-state index contributed by atoms with van der Waals surface area (Å²) >= 11 is 0. The number of carbonyl (C=O) groups excluding carboxylic acids is 3. The third-order valence-corrected chi connectivity index (χ3v) is 4.77. The number of carbonyl (C=O) groups is 3. The average Bonchev–Trinajstić information content (AvgIpc) is 3.02. The molecule has 25 heavy (non-hydrogen) atoms. The Morgan fingerprint density at radius 3 is 2.80 bits per heavy atom. The van der Waals surface area contributed by atoms with Gasteiger partial charge in [0.25, 0.3) is 5.91 Å². The van der Waals surface area contributed by atoms with Crippen LogP contribution in [0.3, 0.4) is 0 Å². The Kier molecular flexibility index (Phi) is 5.03. The topological polar surface area (TPSA) is 81.8 Å². The molecular weight excluding hydrogens is 320 g/mol. The first kappa shape index (κ1) is 17.4. The van der Waals surface area contributed by atoms with Gasteiger partial charge in [-0.15, -0.1) is 0 Å². The highest BCUT2D eigenvalue weighted by atomic mass is 16.2. The average molecular weight is 344 g/mol. The highest BCUT2D eigenvalue weighted by Crippen LogP contribution is 2.29. The molecule has 3 rings (SSSR count). The molecule has 0 aromatic heterocycles. The smallest absolute Gasteiger partial charge is 0.254 e. The lowest BCUT2D eigenvalue weighted by Crippen LogP contribution is -2.52. The molecule has 1 fully saturated rings. The van der Waals surface area contributed by atoms with Gasteiger partial charge >= 0.3 is 0 Å². The van der Waals surface area contributed by atoms with Crippen molar-refractivity contribution in [1.29, 1.82) is 0 Å². The van der Waals surface area contributed by atoms with E-state index in [1.54, 1.807) is 11.0 Å². The molecule has 1 aromatic carbocycles. The lowest BCUT2D eigenvalue weighted by atomic mass is 10.1. The highest BCUT2D eigenvalue weighted by molar-refractivity contribution is 6.00. The summed E-state index contributed by atoms with van der Waals surface area (Å²) in [6, 6.07) is 5.71. The molecule has 1 saturated heterocycles. The van der Waals surface area contributed by atoms with Gasteiger partial charge in [0, 0.05) is 50.4 Å². The summed E-state index contributed by atoms with van der Waals surface area (Å²) in [7, 11) is 0. The number of hydrogen-bond acceptors (Lipinski definition) is 4. The molecule has 7 heteroatoms. The van der Waals surface area contributed by atoms with Gasteiger partial charge in [0.1, 0.15) is 0 Å². The third-order valence-electron chi connectivity index (χ3n) is 4.77. The number of benzene rings is 1. The van der Waals surface area contributed by atoms with Crippen molar-refractivity contribution in [3.05, 3.63) is 29.3 Å². The Labute approximate surface area is 147 Å². The first-order chi connectivity index (χ1) is 12.0. The van der Waals surface area contributed by atoms with Crippen molar-refractivity contribution in [1.82, 2.24) is 15.5 Å². The summed E-state index contributed by atoms with van der Waals surface area (Å²) in [5, 5.41) is 5.82. The number of hydrogen-bond donors (Lipinski definition) is 2. The number of fused-ring (bicyclic) bond motifs is 1. The van der Waals surface area contributed by atoms with Crippen LogP contribution >= 0.6 is 0 Å². The zero-order valence-corrected chi connectivity index (χ0v) is 14.7. The molecule has 7 nitrogen and oxygen atoms in total. The normalized spacial score (nSPS) is 19.5. The Hall–Kier alpha value is -2.41.